The van der Waals surface area contributed by atoms with Crippen molar-refractivity contribution in [2.75, 3.05) is 6.54 Å². The lowest BCUT2D eigenvalue weighted by atomic mass is 9.97. The fraction of sp³-hybridized carbons (Fsp3) is 0.545. The second-order valence-corrected chi connectivity index (χ2v) is 8.19. The first-order chi connectivity index (χ1) is 15.0. The van der Waals surface area contributed by atoms with E-state index < -0.39 is 41.8 Å². The highest BCUT2D eigenvalue weighted by molar-refractivity contribution is 5.92. The third-order valence-electron chi connectivity index (χ3n) is 5.19. The van der Waals surface area contributed by atoms with Gasteiger partial charge >= 0.3 is 5.97 Å². The van der Waals surface area contributed by atoms with Gasteiger partial charge in [0, 0.05) is 0 Å². The number of aromatic hydroxyl groups is 1. The molecule has 0 bridgehead atoms. The number of amides is 3. The Morgan fingerprint density at radius 3 is 2.06 bits per heavy atom. The Kier molecular flexibility index (Phi) is 10.6. The van der Waals surface area contributed by atoms with Gasteiger partial charge in [0.25, 0.3) is 0 Å². The number of rotatable bonds is 12. The van der Waals surface area contributed by atoms with Crippen LogP contribution in [0.15, 0.2) is 24.3 Å². The molecule has 178 valence electrons. The molecule has 0 aliphatic heterocycles. The standard InChI is InChI=1S/C22H34N4O6/c1-5-13(4)19(22(31)32)26-21(30)18(12(2)3)25-17(28)11-24-20(29)16(23)10-14-6-8-15(27)9-7-14/h6-9,12-13,16,18-19,27H,5,10-11,23H2,1-4H3,(H,24,29)(H,25,28)(H,26,30)(H,31,32). The van der Waals surface area contributed by atoms with Crippen LogP contribution in [0, 0.1) is 11.8 Å². The third-order valence-corrected chi connectivity index (χ3v) is 5.19. The Balaban J connectivity index is 2.62. The average Bonchev–Trinajstić information content (AvgIpc) is 2.74. The minimum Gasteiger partial charge on any atom is -0.508 e. The zero-order valence-electron chi connectivity index (χ0n) is 18.9. The van der Waals surface area contributed by atoms with Crippen molar-refractivity contribution in [3.8, 4) is 5.75 Å². The van der Waals surface area contributed by atoms with Gasteiger partial charge in [-0.1, -0.05) is 46.2 Å². The van der Waals surface area contributed by atoms with Crippen molar-refractivity contribution < 1.29 is 29.4 Å². The molecule has 0 aromatic heterocycles. The molecule has 1 aromatic rings. The third kappa shape index (κ3) is 8.54. The summed E-state index contributed by atoms with van der Waals surface area (Å²) in [6.45, 7) is 6.60. The molecular formula is C22H34N4O6. The summed E-state index contributed by atoms with van der Waals surface area (Å²) < 4.78 is 0. The summed E-state index contributed by atoms with van der Waals surface area (Å²) in [5.74, 6) is -3.37. The molecule has 4 atom stereocenters. The predicted octanol–water partition coefficient (Wildman–Crippen LogP) is 0.135. The first-order valence-electron chi connectivity index (χ1n) is 10.6. The molecule has 10 nitrogen and oxygen atoms in total. The number of hydrogen-bond acceptors (Lipinski definition) is 6. The first kappa shape index (κ1) is 26.9. The van der Waals surface area contributed by atoms with Gasteiger partial charge in [0.1, 0.15) is 17.8 Å². The molecule has 0 radical (unpaired) electrons. The number of nitrogens with one attached hydrogen (secondary N) is 3. The van der Waals surface area contributed by atoms with Crippen LogP contribution in [0.25, 0.3) is 0 Å². The number of carboxylic acids is 1. The molecule has 4 unspecified atom stereocenters. The number of phenols is 1. The van der Waals surface area contributed by atoms with E-state index in [1.807, 2.05) is 6.92 Å². The maximum atomic E-state index is 12.6. The highest BCUT2D eigenvalue weighted by Gasteiger charge is 2.31. The number of aliphatic carboxylic acids is 1. The van der Waals surface area contributed by atoms with E-state index in [-0.39, 0.29) is 30.6 Å². The van der Waals surface area contributed by atoms with E-state index in [2.05, 4.69) is 16.0 Å². The quantitative estimate of drug-likeness (QED) is 0.263. The van der Waals surface area contributed by atoms with Crippen LogP contribution in [0.3, 0.4) is 0 Å². The van der Waals surface area contributed by atoms with E-state index in [1.165, 1.54) is 12.1 Å². The van der Waals surface area contributed by atoms with Crippen molar-refractivity contribution in [2.24, 2.45) is 17.6 Å². The molecule has 10 heteroatoms. The lowest BCUT2D eigenvalue weighted by Crippen LogP contribution is -2.56. The summed E-state index contributed by atoms with van der Waals surface area (Å²) in [6, 6.07) is 3.33. The Labute approximate surface area is 187 Å². The number of hydrogen-bond donors (Lipinski definition) is 6. The van der Waals surface area contributed by atoms with Crippen LogP contribution in [-0.2, 0) is 25.6 Å². The van der Waals surface area contributed by atoms with Crippen LogP contribution in [-0.4, -0.2) is 58.6 Å². The number of phenolic OH excluding ortho intramolecular Hbond substituents is 1. The number of nitrogens with two attached hydrogens (primary N) is 1. The normalized spacial score (nSPS) is 14.7. The molecule has 7 N–H and O–H groups in total. The molecule has 1 aromatic carbocycles. The van der Waals surface area contributed by atoms with E-state index in [0.29, 0.717) is 6.42 Å². The molecule has 32 heavy (non-hydrogen) atoms. The second kappa shape index (κ2) is 12.7. The van der Waals surface area contributed by atoms with Crippen LogP contribution >= 0.6 is 0 Å². The molecule has 0 saturated heterocycles. The predicted molar refractivity (Wildman–Crippen MR) is 119 cm³/mol. The van der Waals surface area contributed by atoms with Crippen molar-refractivity contribution in [3.05, 3.63) is 29.8 Å². The second-order valence-electron chi connectivity index (χ2n) is 8.19. The molecular weight excluding hydrogens is 416 g/mol. The highest BCUT2D eigenvalue weighted by atomic mass is 16.4. The van der Waals surface area contributed by atoms with E-state index in [1.54, 1.807) is 32.9 Å². The van der Waals surface area contributed by atoms with Crippen molar-refractivity contribution in [1.29, 1.82) is 0 Å². The molecule has 3 amide bonds. The van der Waals surface area contributed by atoms with E-state index >= 15 is 0 Å². The number of carbonyl (C=O) groups excluding carboxylic acids is 3. The van der Waals surface area contributed by atoms with Gasteiger partial charge in [0.15, 0.2) is 0 Å². The Hall–Kier alpha value is -3.14. The van der Waals surface area contributed by atoms with Crippen molar-refractivity contribution in [3.63, 3.8) is 0 Å². The van der Waals surface area contributed by atoms with Crippen LogP contribution in [0.1, 0.15) is 39.7 Å². The molecule has 0 saturated carbocycles. The summed E-state index contributed by atoms with van der Waals surface area (Å²) in [4.78, 5) is 48.6. The summed E-state index contributed by atoms with van der Waals surface area (Å²) in [6.07, 6.45) is 0.781. The van der Waals surface area contributed by atoms with E-state index in [9.17, 15) is 29.4 Å². The molecule has 1 rings (SSSR count). The SMILES string of the molecule is CCC(C)C(NC(=O)C(NC(=O)CNC(=O)C(N)Cc1ccc(O)cc1)C(C)C)C(=O)O. The minimum atomic E-state index is -1.14. The molecule has 0 aliphatic rings. The Morgan fingerprint density at radius 2 is 1.56 bits per heavy atom. The van der Waals surface area contributed by atoms with E-state index in [4.69, 9.17) is 5.73 Å². The number of benzene rings is 1. The van der Waals surface area contributed by atoms with Crippen LogP contribution in [0.2, 0.25) is 0 Å². The van der Waals surface area contributed by atoms with Gasteiger partial charge in [0.05, 0.1) is 12.6 Å². The van der Waals surface area contributed by atoms with Gasteiger partial charge in [-0.2, -0.15) is 0 Å². The molecule has 0 fully saturated rings. The Morgan fingerprint density at radius 1 is 0.969 bits per heavy atom. The first-order valence-corrected chi connectivity index (χ1v) is 10.6. The fourth-order valence-corrected chi connectivity index (χ4v) is 2.96. The van der Waals surface area contributed by atoms with Gasteiger partial charge in [0.2, 0.25) is 17.7 Å². The monoisotopic (exact) mass is 450 g/mol. The average molecular weight is 451 g/mol. The van der Waals surface area contributed by atoms with Crippen molar-refractivity contribution in [2.45, 2.75) is 58.7 Å². The molecule has 0 spiro atoms. The summed E-state index contributed by atoms with van der Waals surface area (Å²) in [5, 5.41) is 26.1. The molecule has 0 heterocycles. The maximum Gasteiger partial charge on any atom is 0.326 e. The van der Waals surface area contributed by atoms with Gasteiger partial charge in [-0.25, -0.2) is 4.79 Å². The van der Waals surface area contributed by atoms with Crippen molar-refractivity contribution >= 4 is 23.7 Å². The Bertz CT molecular complexity index is 796. The number of carbonyl (C=O) groups is 4. The van der Waals surface area contributed by atoms with Crippen LogP contribution in [0.4, 0.5) is 0 Å². The zero-order valence-corrected chi connectivity index (χ0v) is 18.9. The zero-order chi connectivity index (χ0) is 24.4. The lowest BCUT2D eigenvalue weighted by molar-refractivity contribution is -0.144. The summed E-state index contributed by atoms with van der Waals surface area (Å²) >= 11 is 0. The van der Waals surface area contributed by atoms with Crippen LogP contribution in [0.5, 0.6) is 5.75 Å². The molecule has 0 aliphatic carbocycles. The largest absolute Gasteiger partial charge is 0.508 e. The topological polar surface area (TPSA) is 171 Å². The van der Waals surface area contributed by atoms with Gasteiger partial charge in [-0.05, 0) is 36.0 Å². The number of carboxylic acid groups (broad SMARTS) is 1. The highest BCUT2D eigenvalue weighted by Crippen LogP contribution is 2.11. The van der Waals surface area contributed by atoms with Gasteiger partial charge in [-0.3, -0.25) is 14.4 Å². The summed E-state index contributed by atoms with van der Waals surface area (Å²) in [7, 11) is 0. The van der Waals surface area contributed by atoms with Gasteiger partial charge < -0.3 is 31.9 Å². The summed E-state index contributed by atoms with van der Waals surface area (Å²) in [5.41, 5.74) is 6.62. The van der Waals surface area contributed by atoms with Gasteiger partial charge in [-0.15, -0.1) is 0 Å². The fourth-order valence-electron chi connectivity index (χ4n) is 2.96. The minimum absolute atomic E-state index is 0.103. The lowest BCUT2D eigenvalue weighted by Gasteiger charge is -2.26. The maximum absolute atomic E-state index is 12.6. The smallest absolute Gasteiger partial charge is 0.326 e. The van der Waals surface area contributed by atoms with E-state index in [0.717, 1.165) is 5.56 Å². The van der Waals surface area contributed by atoms with Crippen LogP contribution < -0.4 is 21.7 Å². The van der Waals surface area contributed by atoms with Crippen molar-refractivity contribution in [1.82, 2.24) is 16.0 Å².